The Labute approximate surface area is 147 Å². The van der Waals surface area contributed by atoms with Crippen molar-refractivity contribution in [2.24, 2.45) is 5.92 Å². The van der Waals surface area contributed by atoms with Crippen molar-refractivity contribution in [2.45, 2.75) is 31.2 Å². The number of sulfonamides is 1. The average molecular weight is 393 g/mol. The lowest BCUT2D eigenvalue weighted by Gasteiger charge is -2.25. The maximum absolute atomic E-state index is 12.1. The Morgan fingerprint density at radius 3 is 2.52 bits per heavy atom. The summed E-state index contributed by atoms with van der Waals surface area (Å²) in [4.78, 5) is 4.32. The highest BCUT2D eigenvalue weighted by Crippen LogP contribution is 2.50. The van der Waals surface area contributed by atoms with E-state index in [1.807, 2.05) is 0 Å². The molecule has 1 N–H and O–H groups in total. The molecule has 0 bridgehead atoms. The van der Waals surface area contributed by atoms with Crippen LogP contribution in [0.3, 0.4) is 0 Å². The van der Waals surface area contributed by atoms with E-state index in [9.17, 15) is 16.8 Å². The molecule has 10 nitrogen and oxygen atoms in total. The highest BCUT2D eigenvalue weighted by molar-refractivity contribution is 7.88. The molecule has 1 aliphatic heterocycles. The number of fused-ring (bicyclic) bond motifs is 1. The SMILES string of the molecule is Cc1noc([C@]23C[C@H](NS(=O)(=O)N(C)C)CC2CN(S(C)(=O)=O)C3)n1. The minimum atomic E-state index is -3.57. The van der Waals surface area contributed by atoms with Crippen LogP contribution in [0.1, 0.15) is 24.6 Å². The van der Waals surface area contributed by atoms with E-state index >= 15 is 0 Å². The first-order chi connectivity index (χ1) is 11.4. The molecule has 1 aliphatic carbocycles. The van der Waals surface area contributed by atoms with Crippen LogP contribution in [0.4, 0.5) is 0 Å². The van der Waals surface area contributed by atoms with Gasteiger partial charge in [-0.25, -0.2) is 12.7 Å². The van der Waals surface area contributed by atoms with Gasteiger partial charge in [0.05, 0.1) is 11.7 Å². The molecule has 1 unspecified atom stereocenters. The normalized spacial score (nSPS) is 30.9. The van der Waals surface area contributed by atoms with Crippen LogP contribution in [0.15, 0.2) is 4.52 Å². The van der Waals surface area contributed by atoms with Gasteiger partial charge in [0.1, 0.15) is 0 Å². The third-order valence-corrected chi connectivity index (χ3v) is 7.87. The van der Waals surface area contributed by atoms with Crippen molar-refractivity contribution in [1.29, 1.82) is 0 Å². The lowest BCUT2D eigenvalue weighted by atomic mass is 9.80. The zero-order valence-corrected chi connectivity index (χ0v) is 16.3. The highest BCUT2D eigenvalue weighted by atomic mass is 32.2. The highest BCUT2D eigenvalue weighted by Gasteiger charge is 2.59. The van der Waals surface area contributed by atoms with Gasteiger partial charge in [-0.1, -0.05) is 5.16 Å². The molecule has 142 valence electrons. The van der Waals surface area contributed by atoms with E-state index in [0.29, 0.717) is 31.1 Å². The molecule has 1 saturated carbocycles. The van der Waals surface area contributed by atoms with Crippen LogP contribution in [0.2, 0.25) is 0 Å². The summed E-state index contributed by atoms with van der Waals surface area (Å²) in [5.41, 5.74) is -0.663. The summed E-state index contributed by atoms with van der Waals surface area (Å²) in [5, 5.41) is 3.83. The standard InChI is InChI=1S/C13H23N5O5S2/c1-9-14-12(23-15-9)13-6-11(16-25(21,22)17(2)3)5-10(13)7-18(8-13)24(4,19)20/h10-11,16H,5-8H2,1-4H3/t10?,11-,13+/m1/s1. The molecule has 1 aromatic heterocycles. The number of aryl methyl sites for hydroxylation is 1. The second-order valence-corrected chi connectivity index (χ2v) is 11.0. The number of nitrogens with one attached hydrogen (secondary N) is 1. The second-order valence-electron chi connectivity index (χ2n) is 7.10. The lowest BCUT2D eigenvalue weighted by molar-refractivity contribution is 0.259. The fourth-order valence-electron chi connectivity index (χ4n) is 3.81. The quantitative estimate of drug-likeness (QED) is 0.684. The smallest absolute Gasteiger partial charge is 0.279 e. The molecule has 12 heteroatoms. The molecule has 3 rings (SSSR count). The van der Waals surface area contributed by atoms with Gasteiger partial charge in [-0.2, -0.15) is 22.4 Å². The van der Waals surface area contributed by atoms with Gasteiger partial charge in [0.2, 0.25) is 15.9 Å². The van der Waals surface area contributed by atoms with Gasteiger partial charge in [0.15, 0.2) is 5.82 Å². The first kappa shape index (κ1) is 18.7. The van der Waals surface area contributed by atoms with E-state index in [0.717, 1.165) is 4.31 Å². The van der Waals surface area contributed by atoms with Crippen LogP contribution in [0.5, 0.6) is 0 Å². The number of aromatic nitrogens is 2. The van der Waals surface area contributed by atoms with Crippen LogP contribution in [-0.4, -0.2) is 75.1 Å². The first-order valence-corrected chi connectivity index (χ1v) is 11.2. The predicted molar refractivity (Wildman–Crippen MR) is 89.4 cm³/mol. The molecule has 2 heterocycles. The van der Waals surface area contributed by atoms with Gasteiger partial charge in [-0.05, 0) is 25.7 Å². The molecule has 3 atom stereocenters. The molecule has 2 aliphatic rings. The molecule has 0 spiro atoms. The molecule has 25 heavy (non-hydrogen) atoms. The number of hydrogen-bond acceptors (Lipinski definition) is 7. The van der Waals surface area contributed by atoms with Crippen LogP contribution in [-0.2, 0) is 25.6 Å². The van der Waals surface area contributed by atoms with Gasteiger partial charge in [-0.3, -0.25) is 0 Å². The molecule has 1 saturated heterocycles. The van der Waals surface area contributed by atoms with Gasteiger partial charge in [0, 0.05) is 33.2 Å². The van der Waals surface area contributed by atoms with Crippen LogP contribution in [0.25, 0.3) is 0 Å². The molecule has 0 aromatic carbocycles. The third kappa shape index (κ3) is 3.33. The van der Waals surface area contributed by atoms with Crippen molar-refractivity contribution < 1.29 is 21.4 Å². The summed E-state index contributed by atoms with van der Waals surface area (Å²) in [5.74, 6) is 0.767. The van der Waals surface area contributed by atoms with Crippen molar-refractivity contribution in [3.8, 4) is 0 Å². The summed E-state index contributed by atoms with van der Waals surface area (Å²) in [6.45, 7) is 2.24. The monoisotopic (exact) mass is 393 g/mol. The number of rotatable bonds is 5. The fourth-order valence-corrected chi connectivity index (χ4v) is 5.54. The maximum atomic E-state index is 12.1. The van der Waals surface area contributed by atoms with E-state index in [4.69, 9.17) is 4.52 Å². The maximum Gasteiger partial charge on any atom is 0.279 e. The van der Waals surface area contributed by atoms with Crippen LogP contribution < -0.4 is 4.72 Å². The molecule has 1 aromatic rings. The summed E-state index contributed by atoms with van der Waals surface area (Å²) in [7, 11) is -4.01. The third-order valence-electron chi connectivity index (χ3n) is 5.06. The van der Waals surface area contributed by atoms with Crippen molar-refractivity contribution in [3.05, 3.63) is 11.7 Å². The summed E-state index contributed by atoms with van der Waals surface area (Å²) < 4.78 is 58.8. The van der Waals surface area contributed by atoms with E-state index in [2.05, 4.69) is 14.9 Å². The summed E-state index contributed by atoms with van der Waals surface area (Å²) in [6.07, 6.45) is 2.10. The van der Waals surface area contributed by atoms with E-state index in [1.165, 1.54) is 24.7 Å². The Bertz CT molecular complexity index is 865. The topological polar surface area (TPSA) is 126 Å². The van der Waals surface area contributed by atoms with E-state index in [-0.39, 0.29) is 18.5 Å². The van der Waals surface area contributed by atoms with E-state index < -0.39 is 25.6 Å². The van der Waals surface area contributed by atoms with Gasteiger partial charge in [-0.15, -0.1) is 0 Å². The first-order valence-electron chi connectivity index (χ1n) is 7.90. The largest absolute Gasteiger partial charge is 0.339 e. The Balaban J connectivity index is 1.92. The van der Waals surface area contributed by atoms with Gasteiger partial charge < -0.3 is 4.52 Å². The zero-order valence-electron chi connectivity index (χ0n) is 14.6. The van der Waals surface area contributed by atoms with Crippen molar-refractivity contribution in [1.82, 2.24) is 23.5 Å². The molecule has 2 fully saturated rings. The minimum absolute atomic E-state index is 0.0862. The predicted octanol–water partition coefficient (Wildman–Crippen LogP) is -0.934. The average Bonchev–Trinajstić information content (AvgIpc) is 3.09. The molecule has 0 radical (unpaired) electrons. The van der Waals surface area contributed by atoms with Crippen molar-refractivity contribution >= 4 is 20.2 Å². The zero-order chi connectivity index (χ0) is 18.6. The van der Waals surface area contributed by atoms with Gasteiger partial charge >= 0.3 is 0 Å². The Kier molecular flexibility index (Phi) is 4.47. The van der Waals surface area contributed by atoms with Crippen LogP contribution >= 0.6 is 0 Å². The fraction of sp³-hybridized carbons (Fsp3) is 0.846. The summed E-state index contributed by atoms with van der Waals surface area (Å²) >= 11 is 0. The Morgan fingerprint density at radius 1 is 1.32 bits per heavy atom. The van der Waals surface area contributed by atoms with Crippen molar-refractivity contribution in [2.75, 3.05) is 33.4 Å². The van der Waals surface area contributed by atoms with Crippen molar-refractivity contribution in [3.63, 3.8) is 0 Å². The Morgan fingerprint density at radius 2 is 2.00 bits per heavy atom. The number of nitrogens with zero attached hydrogens (tertiary/aromatic N) is 4. The number of hydrogen-bond donors (Lipinski definition) is 1. The van der Waals surface area contributed by atoms with E-state index in [1.54, 1.807) is 6.92 Å². The second kappa shape index (κ2) is 5.98. The molecule has 0 amide bonds. The Hall–Kier alpha value is -1.08. The summed E-state index contributed by atoms with van der Waals surface area (Å²) in [6, 6.07) is -0.314. The van der Waals surface area contributed by atoms with Gasteiger partial charge in [0.25, 0.3) is 10.2 Å². The minimum Gasteiger partial charge on any atom is -0.339 e. The molecular weight excluding hydrogens is 370 g/mol. The lowest BCUT2D eigenvalue weighted by Crippen LogP contribution is -2.43. The molecular formula is C13H23N5O5S2. The van der Waals surface area contributed by atoms with Crippen LogP contribution in [0, 0.1) is 12.8 Å².